The largest absolute Gasteiger partial charge is 0.474 e. The molecule has 0 aliphatic carbocycles. The minimum Gasteiger partial charge on any atom is -0.474 e. The van der Waals surface area contributed by atoms with Gasteiger partial charge in [0.05, 0.1) is 35.4 Å². The SMILES string of the molecule is O=C(CSc1ccc(C(F)(F)F)cc1)N1CCOC(COc2ncnc3ccccc23)C1. The molecule has 1 atom stereocenters. The third kappa shape index (κ3) is 5.49. The van der Waals surface area contributed by atoms with E-state index in [-0.39, 0.29) is 24.4 Å². The Morgan fingerprint density at radius 3 is 2.72 bits per heavy atom. The van der Waals surface area contributed by atoms with Gasteiger partial charge in [0.2, 0.25) is 11.8 Å². The summed E-state index contributed by atoms with van der Waals surface area (Å²) in [5.41, 5.74) is 0.0693. The van der Waals surface area contributed by atoms with Gasteiger partial charge in [0.25, 0.3) is 0 Å². The molecular formula is C22H20F3N3O3S. The second kappa shape index (κ2) is 9.74. The van der Waals surface area contributed by atoms with Crippen molar-refractivity contribution in [1.82, 2.24) is 14.9 Å². The Hall–Kier alpha value is -2.85. The molecule has 0 radical (unpaired) electrons. The molecule has 0 saturated carbocycles. The van der Waals surface area contributed by atoms with Gasteiger partial charge in [-0.25, -0.2) is 9.97 Å². The van der Waals surface area contributed by atoms with Crippen molar-refractivity contribution in [3.63, 3.8) is 0 Å². The number of hydrogen-bond donors (Lipinski definition) is 0. The summed E-state index contributed by atoms with van der Waals surface area (Å²) in [7, 11) is 0. The normalized spacial score (nSPS) is 16.8. The quantitative estimate of drug-likeness (QED) is 0.514. The minimum absolute atomic E-state index is 0.101. The highest BCUT2D eigenvalue weighted by atomic mass is 32.2. The summed E-state index contributed by atoms with van der Waals surface area (Å²) in [5, 5.41) is 0.798. The van der Waals surface area contributed by atoms with Crippen molar-refractivity contribution in [2.75, 3.05) is 32.1 Å². The Labute approximate surface area is 186 Å². The lowest BCUT2D eigenvalue weighted by Gasteiger charge is -2.32. The van der Waals surface area contributed by atoms with Gasteiger partial charge in [0.15, 0.2) is 0 Å². The summed E-state index contributed by atoms with van der Waals surface area (Å²) < 4.78 is 49.6. The van der Waals surface area contributed by atoms with Crippen LogP contribution in [-0.4, -0.2) is 58.9 Å². The number of carbonyl (C=O) groups is 1. The monoisotopic (exact) mass is 463 g/mol. The van der Waals surface area contributed by atoms with Crippen LogP contribution in [-0.2, 0) is 15.7 Å². The van der Waals surface area contributed by atoms with Gasteiger partial charge in [-0.2, -0.15) is 13.2 Å². The topological polar surface area (TPSA) is 64.6 Å². The third-order valence-corrected chi connectivity index (χ3v) is 5.94. The van der Waals surface area contributed by atoms with Crippen LogP contribution in [0.2, 0.25) is 0 Å². The molecule has 1 aromatic heterocycles. The number of aromatic nitrogens is 2. The average Bonchev–Trinajstić information content (AvgIpc) is 2.81. The van der Waals surface area contributed by atoms with E-state index in [0.29, 0.717) is 30.5 Å². The zero-order valence-corrected chi connectivity index (χ0v) is 17.7. The van der Waals surface area contributed by atoms with Crippen molar-refractivity contribution in [3.05, 3.63) is 60.4 Å². The summed E-state index contributed by atoms with van der Waals surface area (Å²) in [4.78, 5) is 23.3. The molecule has 10 heteroatoms. The van der Waals surface area contributed by atoms with Gasteiger partial charge < -0.3 is 14.4 Å². The predicted molar refractivity (Wildman–Crippen MR) is 114 cm³/mol. The molecule has 0 bridgehead atoms. The smallest absolute Gasteiger partial charge is 0.416 e. The van der Waals surface area contributed by atoms with Crippen molar-refractivity contribution in [3.8, 4) is 5.88 Å². The van der Waals surface area contributed by atoms with Crippen molar-refractivity contribution in [1.29, 1.82) is 0 Å². The molecule has 0 N–H and O–H groups in total. The summed E-state index contributed by atoms with van der Waals surface area (Å²) in [6.07, 6.45) is -3.24. The molecule has 32 heavy (non-hydrogen) atoms. The third-order valence-electron chi connectivity index (χ3n) is 4.95. The number of halogens is 3. The molecule has 6 nitrogen and oxygen atoms in total. The first-order valence-electron chi connectivity index (χ1n) is 9.92. The highest BCUT2D eigenvalue weighted by Crippen LogP contribution is 2.31. The van der Waals surface area contributed by atoms with E-state index in [0.717, 1.165) is 23.0 Å². The van der Waals surface area contributed by atoms with Gasteiger partial charge in [-0.3, -0.25) is 4.79 Å². The fraction of sp³-hybridized carbons (Fsp3) is 0.318. The first kappa shape index (κ1) is 22.3. The number of alkyl halides is 3. The number of thioether (sulfide) groups is 1. The number of fused-ring (bicyclic) bond motifs is 1. The highest BCUT2D eigenvalue weighted by molar-refractivity contribution is 8.00. The second-order valence-corrected chi connectivity index (χ2v) is 8.20. The van der Waals surface area contributed by atoms with Crippen LogP contribution in [0.3, 0.4) is 0 Å². The van der Waals surface area contributed by atoms with E-state index in [9.17, 15) is 18.0 Å². The lowest BCUT2D eigenvalue weighted by atomic mass is 10.2. The zero-order chi connectivity index (χ0) is 22.6. The maximum absolute atomic E-state index is 12.7. The van der Waals surface area contributed by atoms with Crippen LogP contribution >= 0.6 is 11.8 Å². The summed E-state index contributed by atoms with van der Waals surface area (Å²) in [5.74, 6) is 0.492. The summed E-state index contributed by atoms with van der Waals surface area (Å²) in [6, 6.07) is 12.3. The van der Waals surface area contributed by atoms with Crippen molar-refractivity contribution in [2.45, 2.75) is 17.2 Å². The Morgan fingerprint density at radius 2 is 1.94 bits per heavy atom. The number of amides is 1. The molecule has 1 amide bonds. The van der Waals surface area contributed by atoms with E-state index in [1.165, 1.54) is 30.2 Å². The Bertz CT molecular complexity index is 1070. The van der Waals surface area contributed by atoms with E-state index >= 15 is 0 Å². The van der Waals surface area contributed by atoms with Gasteiger partial charge in [-0.05, 0) is 36.4 Å². The number of para-hydroxylation sites is 1. The zero-order valence-electron chi connectivity index (χ0n) is 16.9. The molecule has 0 spiro atoms. The Balaban J connectivity index is 1.29. The number of benzene rings is 2. The molecular weight excluding hydrogens is 443 g/mol. The fourth-order valence-corrected chi connectivity index (χ4v) is 4.09. The molecule has 1 fully saturated rings. The summed E-state index contributed by atoms with van der Waals surface area (Å²) >= 11 is 1.21. The lowest BCUT2D eigenvalue weighted by molar-refractivity contribution is -0.138. The van der Waals surface area contributed by atoms with Crippen LogP contribution in [0.4, 0.5) is 13.2 Å². The van der Waals surface area contributed by atoms with Gasteiger partial charge in [0, 0.05) is 11.4 Å². The van der Waals surface area contributed by atoms with Crippen LogP contribution in [0.1, 0.15) is 5.56 Å². The van der Waals surface area contributed by atoms with Crippen LogP contribution in [0, 0.1) is 0 Å². The average molecular weight is 463 g/mol. The van der Waals surface area contributed by atoms with Crippen LogP contribution in [0.25, 0.3) is 10.9 Å². The van der Waals surface area contributed by atoms with Crippen LogP contribution < -0.4 is 4.74 Å². The number of hydrogen-bond acceptors (Lipinski definition) is 6. The van der Waals surface area contributed by atoms with Crippen LogP contribution in [0.5, 0.6) is 5.88 Å². The minimum atomic E-state index is -4.37. The molecule has 2 aromatic carbocycles. The van der Waals surface area contributed by atoms with Crippen molar-refractivity contribution < 1.29 is 27.4 Å². The first-order chi connectivity index (χ1) is 15.4. The second-order valence-electron chi connectivity index (χ2n) is 7.15. The maximum atomic E-state index is 12.7. The molecule has 1 aliphatic rings. The highest BCUT2D eigenvalue weighted by Gasteiger charge is 2.30. The molecule has 1 saturated heterocycles. The maximum Gasteiger partial charge on any atom is 0.416 e. The Morgan fingerprint density at radius 1 is 1.16 bits per heavy atom. The fourth-order valence-electron chi connectivity index (χ4n) is 3.29. The molecule has 3 aromatic rings. The number of carbonyl (C=O) groups excluding carboxylic acids is 1. The lowest BCUT2D eigenvalue weighted by Crippen LogP contribution is -2.48. The van der Waals surface area contributed by atoms with Crippen LogP contribution in [0.15, 0.2) is 59.8 Å². The summed E-state index contributed by atoms with van der Waals surface area (Å²) in [6.45, 7) is 1.45. The van der Waals surface area contributed by atoms with E-state index < -0.39 is 11.7 Å². The number of morpholine rings is 1. The predicted octanol–water partition coefficient (Wildman–Crippen LogP) is 4.05. The molecule has 1 unspecified atom stereocenters. The van der Waals surface area contributed by atoms with Gasteiger partial charge in [0.1, 0.15) is 19.0 Å². The first-order valence-corrected chi connectivity index (χ1v) is 10.9. The van der Waals surface area contributed by atoms with E-state index in [1.54, 1.807) is 4.90 Å². The van der Waals surface area contributed by atoms with E-state index in [1.807, 2.05) is 24.3 Å². The van der Waals surface area contributed by atoms with Crippen molar-refractivity contribution >= 4 is 28.6 Å². The van der Waals surface area contributed by atoms with E-state index in [2.05, 4.69) is 9.97 Å². The number of ether oxygens (including phenoxy) is 2. The molecule has 4 rings (SSSR count). The van der Waals surface area contributed by atoms with Gasteiger partial charge in [-0.15, -0.1) is 11.8 Å². The number of nitrogens with zero attached hydrogens (tertiary/aromatic N) is 3. The van der Waals surface area contributed by atoms with Gasteiger partial charge in [-0.1, -0.05) is 12.1 Å². The van der Waals surface area contributed by atoms with Crippen molar-refractivity contribution in [2.24, 2.45) is 0 Å². The number of rotatable bonds is 6. The molecule has 1 aliphatic heterocycles. The Kier molecular flexibility index (Phi) is 6.80. The standard InChI is InChI=1S/C22H20F3N3O3S/c23-22(24,25)15-5-7-17(8-6-15)32-13-20(29)28-9-10-30-16(11-28)12-31-21-18-3-1-2-4-19(18)26-14-27-21/h1-8,14,16H,9-13H2. The van der Waals surface area contributed by atoms with Gasteiger partial charge >= 0.3 is 6.18 Å². The van der Waals surface area contributed by atoms with E-state index in [4.69, 9.17) is 9.47 Å². The molecule has 168 valence electrons. The molecule has 2 heterocycles.